The molecule has 0 spiro atoms. The Morgan fingerprint density at radius 3 is 3.00 bits per heavy atom. The SMILES string of the molecule is NCCC1CN(CCOC2CCCCO2)c2ccccc21. The first-order valence-electron chi connectivity index (χ1n) is 8.15. The summed E-state index contributed by atoms with van der Waals surface area (Å²) in [5, 5.41) is 0. The van der Waals surface area contributed by atoms with E-state index in [2.05, 4.69) is 29.2 Å². The molecule has 0 bridgehead atoms. The van der Waals surface area contributed by atoms with Crippen molar-refractivity contribution in [1.82, 2.24) is 0 Å². The van der Waals surface area contributed by atoms with Gasteiger partial charge in [0.05, 0.1) is 6.61 Å². The number of anilines is 1. The van der Waals surface area contributed by atoms with Gasteiger partial charge in [0.2, 0.25) is 0 Å². The van der Waals surface area contributed by atoms with Gasteiger partial charge in [0.25, 0.3) is 0 Å². The summed E-state index contributed by atoms with van der Waals surface area (Å²) in [6, 6.07) is 8.68. The molecule has 1 aromatic carbocycles. The average Bonchev–Trinajstić information content (AvgIpc) is 2.87. The summed E-state index contributed by atoms with van der Waals surface area (Å²) in [6.07, 6.45) is 4.49. The van der Waals surface area contributed by atoms with E-state index in [1.165, 1.54) is 24.1 Å². The predicted molar refractivity (Wildman–Crippen MR) is 84.6 cm³/mol. The average molecular weight is 290 g/mol. The third-order valence-electron chi connectivity index (χ3n) is 4.48. The summed E-state index contributed by atoms with van der Waals surface area (Å²) in [5.41, 5.74) is 8.54. The van der Waals surface area contributed by atoms with E-state index in [9.17, 15) is 0 Å². The molecule has 2 aliphatic rings. The quantitative estimate of drug-likeness (QED) is 0.874. The van der Waals surface area contributed by atoms with E-state index < -0.39 is 0 Å². The van der Waals surface area contributed by atoms with Crippen LogP contribution in [0.15, 0.2) is 24.3 Å². The van der Waals surface area contributed by atoms with Gasteiger partial charge in [-0.1, -0.05) is 18.2 Å². The third-order valence-corrected chi connectivity index (χ3v) is 4.48. The Kier molecular flexibility index (Phi) is 5.12. The molecule has 2 N–H and O–H groups in total. The van der Waals surface area contributed by atoms with Gasteiger partial charge in [-0.05, 0) is 43.9 Å². The Hall–Kier alpha value is -1.10. The van der Waals surface area contributed by atoms with Gasteiger partial charge in [-0.3, -0.25) is 0 Å². The van der Waals surface area contributed by atoms with Crippen molar-refractivity contribution in [3.05, 3.63) is 29.8 Å². The molecular weight excluding hydrogens is 264 g/mol. The van der Waals surface area contributed by atoms with Crippen molar-refractivity contribution in [1.29, 1.82) is 0 Å². The van der Waals surface area contributed by atoms with Crippen LogP contribution in [-0.2, 0) is 9.47 Å². The Labute approximate surface area is 127 Å². The molecule has 2 atom stereocenters. The molecule has 3 rings (SSSR count). The summed E-state index contributed by atoms with van der Waals surface area (Å²) < 4.78 is 11.5. The van der Waals surface area contributed by atoms with Crippen LogP contribution in [0.4, 0.5) is 5.69 Å². The number of nitrogens with zero attached hydrogens (tertiary/aromatic N) is 1. The zero-order valence-electron chi connectivity index (χ0n) is 12.7. The number of para-hydroxylation sites is 1. The summed E-state index contributed by atoms with van der Waals surface area (Å²) in [6.45, 7) is 4.31. The van der Waals surface area contributed by atoms with Crippen LogP contribution >= 0.6 is 0 Å². The molecule has 0 amide bonds. The van der Waals surface area contributed by atoms with Crippen LogP contribution < -0.4 is 10.6 Å². The van der Waals surface area contributed by atoms with Crippen molar-refractivity contribution < 1.29 is 9.47 Å². The van der Waals surface area contributed by atoms with Crippen LogP contribution in [0.5, 0.6) is 0 Å². The van der Waals surface area contributed by atoms with E-state index in [4.69, 9.17) is 15.2 Å². The van der Waals surface area contributed by atoms with Gasteiger partial charge in [0.1, 0.15) is 0 Å². The molecule has 2 unspecified atom stereocenters. The number of rotatable bonds is 6. The number of benzene rings is 1. The summed E-state index contributed by atoms with van der Waals surface area (Å²) in [4.78, 5) is 2.43. The third kappa shape index (κ3) is 3.57. The van der Waals surface area contributed by atoms with Crippen molar-refractivity contribution in [3.8, 4) is 0 Å². The van der Waals surface area contributed by atoms with Gasteiger partial charge in [-0.2, -0.15) is 0 Å². The van der Waals surface area contributed by atoms with Crippen LogP contribution in [0.25, 0.3) is 0 Å². The minimum Gasteiger partial charge on any atom is -0.368 e. The lowest BCUT2D eigenvalue weighted by atomic mass is 9.98. The lowest BCUT2D eigenvalue weighted by Crippen LogP contribution is -2.30. The summed E-state index contributed by atoms with van der Waals surface area (Å²) in [7, 11) is 0. The zero-order chi connectivity index (χ0) is 14.5. The van der Waals surface area contributed by atoms with E-state index in [-0.39, 0.29) is 6.29 Å². The number of ether oxygens (including phenoxy) is 2. The maximum Gasteiger partial charge on any atom is 0.157 e. The monoisotopic (exact) mass is 290 g/mol. The van der Waals surface area contributed by atoms with Crippen LogP contribution in [0, 0.1) is 0 Å². The smallest absolute Gasteiger partial charge is 0.157 e. The van der Waals surface area contributed by atoms with E-state index in [0.29, 0.717) is 5.92 Å². The van der Waals surface area contributed by atoms with Crippen molar-refractivity contribution in [2.75, 3.05) is 37.7 Å². The molecule has 1 aromatic rings. The lowest BCUT2D eigenvalue weighted by Gasteiger charge is -2.25. The molecule has 0 saturated carbocycles. The van der Waals surface area contributed by atoms with Crippen molar-refractivity contribution in [3.63, 3.8) is 0 Å². The topological polar surface area (TPSA) is 47.7 Å². The number of hydrogen-bond donors (Lipinski definition) is 1. The molecule has 0 radical (unpaired) electrons. The van der Waals surface area contributed by atoms with Crippen LogP contribution in [0.3, 0.4) is 0 Å². The first kappa shape index (κ1) is 14.8. The molecule has 2 aliphatic heterocycles. The van der Waals surface area contributed by atoms with Crippen molar-refractivity contribution in [2.24, 2.45) is 5.73 Å². The van der Waals surface area contributed by atoms with Gasteiger partial charge in [0, 0.05) is 31.3 Å². The fourth-order valence-electron chi connectivity index (χ4n) is 3.38. The second kappa shape index (κ2) is 7.25. The van der Waals surface area contributed by atoms with Crippen molar-refractivity contribution in [2.45, 2.75) is 37.9 Å². The Morgan fingerprint density at radius 2 is 2.19 bits per heavy atom. The fraction of sp³-hybridized carbons (Fsp3) is 0.647. The Morgan fingerprint density at radius 1 is 1.29 bits per heavy atom. The minimum atomic E-state index is 0.0106. The van der Waals surface area contributed by atoms with Gasteiger partial charge in [-0.15, -0.1) is 0 Å². The molecule has 2 heterocycles. The molecule has 0 aromatic heterocycles. The molecule has 116 valence electrons. The van der Waals surface area contributed by atoms with E-state index in [1.807, 2.05) is 0 Å². The summed E-state index contributed by atoms with van der Waals surface area (Å²) in [5.74, 6) is 0.567. The first-order valence-corrected chi connectivity index (χ1v) is 8.15. The number of hydrogen-bond acceptors (Lipinski definition) is 4. The summed E-state index contributed by atoms with van der Waals surface area (Å²) >= 11 is 0. The van der Waals surface area contributed by atoms with Crippen LogP contribution in [0.2, 0.25) is 0 Å². The first-order chi connectivity index (χ1) is 10.4. The molecular formula is C17H26N2O2. The highest BCUT2D eigenvalue weighted by Crippen LogP contribution is 2.37. The number of nitrogens with two attached hydrogens (primary N) is 1. The Balaban J connectivity index is 1.53. The molecule has 4 heteroatoms. The molecule has 1 saturated heterocycles. The maximum atomic E-state index is 5.87. The van der Waals surface area contributed by atoms with Crippen LogP contribution in [-0.4, -0.2) is 39.1 Å². The molecule has 1 fully saturated rings. The molecule has 4 nitrogen and oxygen atoms in total. The number of fused-ring (bicyclic) bond motifs is 1. The molecule has 21 heavy (non-hydrogen) atoms. The van der Waals surface area contributed by atoms with E-state index >= 15 is 0 Å². The van der Waals surface area contributed by atoms with Gasteiger partial charge in [-0.25, -0.2) is 0 Å². The fourth-order valence-corrected chi connectivity index (χ4v) is 3.38. The van der Waals surface area contributed by atoms with Crippen LogP contribution in [0.1, 0.15) is 37.2 Å². The van der Waals surface area contributed by atoms with E-state index in [1.54, 1.807) is 0 Å². The predicted octanol–water partition coefficient (Wildman–Crippen LogP) is 2.48. The normalized spacial score (nSPS) is 25.1. The second-order valence-corrected chi connectivity index (χ2v) is 5.95. The highest BCUT2D eigenvalue weighted by atomic mass is 16.7. The second-order valence-electron chi connectivity index (χ2n) is 5.95. The van der Waals surface area contributed by atoms with E-state index in [0.717, 1.165) is 45.7 Å². The van der Waals surface area contributed by atoms with Gasteiger partial charge < -0.3 is 20.1 Å². The zero-order valence-corrected chi connectivity index (χ0v) is 12.7. The maximum absolute atomic E-state index is 5.87. The van der Waals surface area contributed by atoms with Gasteiger partial charge in [0.15, 0.2) is 6.29 Å². The Bertz CT molecular complexity index is 446. The lowest BCUT2D eigenvalue weighted by molar-refractivity contribution is -0.160. The standard InChI is InChI=1S/C17H26N2O2/c18-9-8-14-13-19(16-6-2-1-5-15(14)16)10-12-21-17-7-3-4-11-20-17/h1-2,5-6,14,17H,3-4,7-13,18H2. The molecule has 0 aliphatic carbocycles. The largest absolute Gasteiger partial charge is 0.368 e. The van der Waals surface area contributed by atoms with Gasteiger partial charge >= 0.3 is 0 Å². The minimum absolute atomic E-state index is 0.0106. The highest BCUT2D eigenvalue weighted by Gasteiger charge is 2.27. The van der Waals surface area contributed by atoms with Crippen molar-refractivity contribution >= 4 is 5.69 Å². The highest BCUT2D eigenvalue weighted by molar-refractivity contribution is 5.60.